The van der Waals surface area contributed by atoms with Gasteiger partial charge in [-0.3, -0.25) is 0 Å². The Kier molecular flexibility index (Phi) is 3.47. The molecule has 0 saturated heterocycles. The minimum Gasteiger partial charge on any atom is -0.391 e. The van der Waals surface area contributed by atoms with Crippen LogP contribution in [0.15, 0.2) is 18.2 Å². The quantitative estimate of drug-likeness (QED) is 0.612. The standard InChI is InChI=1S/C8H6Cl2OS/c9-6-2-1-5(3-7(6)10)8(12)4-11/h1-3,11H,4H2. The van der Waals surface area contributed by atoms with Crippen molar-refractivity contribution >= 4 is 40.3 Å². The molecule has 0 fully saturated rings. The molecule has 0 aromatic heterocycles. The lowest BCUT2D eigenvalue weighted by atomic mass is 10.2. The van der Waals surface area contributed by atoms with Crippen LogP contribution in [-0.4, -0.2) is 16.6 Å². The fraction of sp³-hybridized carbons (Fsp3) is 0.125. The van der Waals surface area contributed by atoms with E-state index in [1.807, 2.05) is 0 Å². The van der Waals surface area contributed by atoms with Crippen LogP contribution in [0, 0.1) is 0 Å². The first-order valence-electron chi connectivity index (χ1n) is 3.24. The van der Waals surface area contributed by atoms with E-state index in [4.69, 9.17) is 40.5 Å². The van der Waals surface area contributed by atoms with Gasteiger partial charge in [0.15, 0.2) is 0 Å². The largest absolute Gasteiger partial charge is 0.391 e. The molecule has 64 valence electrons. The average Bonchev–Trinajstić information content (AvgIpc) is 2.08. The van der Waals surface area contributed by atoms with E-state index in [1.165, 1.54) is 0 Å². The predicted molar refractivity (Wildman–Crippen MR) is 55.2 cm³/mol. The predicted octanol–water partition coefficient (Wildman–Crippen LogP) is 2.70. The smallest absolute Gasteiger partial charge is 0.0788 e. The number of hydrogen-bond donors (Lipinski definition) is 1. The monoisotopic (exact) mass is 220 g/mol. The van der Waals surface area contributed by atoms with Crippen molar-refractivity contribution in [3.05, 3.63) is 33.8 Å². The number of aliphatic hydroxyl groups is 1. The molecule has 0 heterocycles. The minimum absolute atomic E-state index is 0.146. The Hall–Kier alpha value is -0.150. The molecule has 0 unspecified atom stereocenters. The van der Waals surface area contributed by atoms with Gasteiger partial charge < -0.3 is 5.11 Å². The summed E-state index contributed by atoms with van der Waals surface area (Å²) in [5, 5.41) is 9.67. The second kappa shape index (κ2) is 4.19. The first-order valence-corrected chi connectivity index (χ1v) is 4.40. The number of thiocarbonyl (C=S) groups is 1. The SMILES string of the molecule is OCC(=S)c1ccc(Cl)c(Cl)c1. The van der Waals surface area contributed by atoms with E-state index in [-0.39, 0.29) is 6.61 Å². The van der Waals surface area contributed by atoms with E-state index in [1.54, 1.807) is 18.2 Å². The van der Waals surface area contributed by atoms with Gasteiger partial charge in [0.1, 0.15) is 0 Å². The van der Waals surface area contributed by atoms with Crippen molar-refractivity contribution in [2.45, 2.75) is 0 Å². The summed E-state index contributed by atoms with van der Waals surface area (Å²) >= 11 is 16.3. The zero-order chi connectivity index (χ0) is 9.14. The van der Waals surface area contributed by atoms with Crippen molar-refractivity contribution in [2.75, 3.05) is 6.61 Å². The Morgan fingerprint density at radius 3 is 2.50 bits per heavy atom. The zero-order valence-electron chi connectivity index (χ0n) is 6.05. The van der Waals surface area contributed by atoms with Gasteiger partial charge in [-0.1, -0.05) is 41.5 Å². The summed E-state index contributed by atoms with van der Waals surface area (Å²) in [6, 6.07) is 5.02. The third kappa shape index (κ3) is 2.17. The highest BCUT2D eigenvalue weighted by Crippen LogP contribution is 2.22. The van der Waals surface area contributed by atoms with Crippen molar-refractivity contribution in [2.24, 2.45) is 0 Å². The second-order valence-corrected chi connectivity index (χ2v) is 3.52. The molecule has 1 aromatic rings. The Morgan fingerprint density at radius 2 is 2.00 bits per heavy atom. The number of halogens is 2. The molecular weight excluding hydrogens is 215 g/mol. The van der Waals surface area contributed by atoms with Crippen molar-refractivity contribution in [1.29, 1.82) is 0 Å². The van der Waals surface area contributed by atoms with E-state index < -0.39 is 0 Å². The van der Waals surface area contributed by atoms with Gasteiger partial charge in [-0.2, -0.15) is 0 Å². The molecule has 0 radical (unpaired) electrons. The third-order valence-corrected chi connectivity index (χ3v) is 2.49. The molecule has 0 aliphatic heterocycles. The van der Waals surface area contributed by atoms with Crippen LogP contribution in [0.3, 0.4) is 0 Å². The third-order valence-electron chi connectivity index (χ3n) is 1.39. The van der Waals surface area contributed by atoms with E-state index in [9.17, 15) is 0 Å². The van der Waals surface area contributed by atoms with E-state index in [0.717, 1.165) is 5.56 Å². The minimum atomic E-state index is -0.146. The fourth-order valence-electron chi connectivity index (χ4n) is 0.761. The Labute approximate surface area is 85.9 Å². The fourth-order valence-corrected chi connectivity index (χ4v) is 1.19. The summed E-state index contributed by atoms with van der Waals surface area (Å²) in [5.74, 6) is 0. The lowest BCUT2D eigenvalue weighted by Gasteiger charge is -2.01. The van der Waals surface area contributed by atoms with E-state index in [2.05, 4.69) is 0 Å². The van der Waals surface area contributed by atoms with Crippen LogP contribution in [-0.2, 0) is 0 Å². The van der Waals surface area contributed by atoms with Gasteiger partial charge in [0.05, 0.1) is 16.7 Å². The summed E-state index contributed by atoms with van der Waals surface area (Å²) in [5.41, 5.74) is 0.738. The molecule has 0 atom stereocenters. The van der Waals surface area contributed by atoms with Crippen molar-refractivity contribution in [3.8, 4) is 0 Å². The van der Waals surface area contributed by atoms with Gasteiger partial charge in [0.2, 0.25) is 0 Å². The zero-order valence-corrected chi connectivity index (χ0v) is 8.38. The molecule has 1 nitrogen and oxygen atoms in total. The Balaban J connectivity index is 3.05. The van der Waals surface area contributed by atoms with Gasteiger partial charge in [-0.25, -0.2) is 0 Å². The summed E-state index contributed by atoms with van der Waals surface area (Å²) in [7, 11) is 0. The maximum Gasteiger partial charge on any atom is 0.0788 e. The number of benzene rings is 1. The molecule has 0 aliphatic carbocycles. The maximum atomic E-state index is 8.73. The molecular formula is C8H6Cl2OS. The molecule has 12 heavy (non-hydrogen) atoms. The normalized spacial score (nSPS) is 9.92. The lowest BCUT2D eigenvalue weighted by molar-refractivity contribution is 0.360. The Bertz CT molecular complexity index is 312. The van der Waals surface area contributed by atoms with Crippen LogP contribution in [0.1, 0.15) is 5.56 Å². The highest BCUT2D eigenvalue weighted by Gasteiger charge is 2.02. The molecule has 0 aliphatic rings. The van der Waals surface area contributed by atoms with Gasteiger partial charge >= 0.3 is 0 Å². The molecule has 0 saturated carbocycles. The summed E-state index contributed by atoms with van der Waals surface area (Å²) in [6.45, 7) is -0.146. The highest BCUT2D eigenvalue weighted by atomic mass is 35.5. The van der Waals surface area contributed by atoms with Crippen LogP contribution in [0.4, 0.5) is 0 Å². The Morgan fingerprint density at radius 1 is 1.33 bits per heavy atom. The molecule has 4 heteroatoms. The molecule has 0 amide bonds. The number of hydrogen-bond acceptors (Lipinski definition) is 2. The van der Waals surface area contributed by atoms with Gasteiger partial charge in [-0.05, 0) is 17.7 Å². The van der Waals surface area contributed by atoms with Crippen molar-refractivity contribution in [3.63, 3.8) is 0 Å². The van der Waals surface area contributed by atoms with Gasteiger partial charge in [0, 0.05) is 4.86 Å². The summed E-state index contributed by atoms with van der Waals surface area (Å²) in [6.07, 6.45) is 0. The van der Waals surface area contributed by atoms with E-state index >= 15 is 0 Å². The lowest BCUT2D eigenvalue weighted by Crippen LogP contribution is -2.01. The van der Waals surface area contributed by atoms with E-state index in [0.29, 0.717) is 14.9 Å². The van der Waals surface area contributed by atoms with Crippen LogP contribution >= 0.6 is 35.4 Å². The average molecular weight is 221 g/mol. The number of rotatable bonds is 2. The maximum absolute atomic E-state index is 8.73. The van der Waals surface area contributed by atoms with Gasteiger partial charge in [-0.15, -0.1) is 0 Å². The van der Waals surface area contributed by atoms with Crippen molar-refractivity contribution < 1.29 is 5.11 Å². The van der Waals surface area contributed by atoms with Crippen LogP contribution < -0.4 is 0 Å². The number of aliphatic hydroxyl groups excluding tert-OH is 1. The topological polar surface area (TPSA) is 20.2 Å². The highest BCUT2D eigenvalue weighted by molar-refractivity contribution is 7.80. The molecule has 0 spiro atoms. The second-order valence-electron chi connectivity index (χ2n) is 2.21. The van der Waals surface area contributed by atoms with Crippen LogP contribution in [0.2, 0.25) is 10.0 Å². The van der Waals surface area contributed by atoms with Crippen LogP contribution in [0.5, 0.6) is 0 Å². The first kappa shape index (κ1) is 9.93. The summed E-state index contributed by atoms with van der Waals surface area (Å²) < 4.78 is 0. The van der Waals surface area contributed by atoms with Gasteiger partial charge in [0.25, 0.3) is 0 Å². The summed E-state index contributed by atoms with van der Waals surface area (Å²) in [4.78, 5) is 0.466. The first-order chi connectivity index (χ1) is 5.65. The molecule has 0 bridgehead atoms. The molecule has 1 aromatic carbocycles. The molecule has 1 N–H and O–H groups in total. The molecule has 1 rings (SSSR count). The van der Waals surface area contributed by atoms with Crippen molar-refractivity contribution in [1.82, 2.24) is 0 Å². The van der Waals surface area contributed by atoms with Crippen LogP contribution in [0.25, 0.3) is 0 Å².